The maximum absolute atomic E-state index is 11.9. The quantitative estimate of drug-likeness (QED) is 0.547. The highest BCUT2D eigenvalue weighted by Gasteiger charge is 2.38. The summed E-state index contributed by atoms with van der Waals surface area (Å²) in [5.41, 5.74) is -0.850. The number of carbonyl (C=O) groups is 1. The van der Waals surface area contributed by atoms with Gasteiger partial charge in [0.2, 0.25) is 0 Å². The minimum Gasteiger partial charge on any atom is -0.468 e. The monoisotopic (exact) mass is 283 g/mol. The van der Waals surface area contributed by atoms with Crippen LogP contribution in [0.2, 0.25) is 0 Å². The van der Waals surface area contributed by atoms with Gasteiger partial charge in [0.05, 0.1) is 7.11 Å². The van der Waals surface area contributed by atoms with Gasteiger partial charge in [-0.3, -0.25) is 10.1 Å². The Balaban J connectivity index is 2.30. The molecule has 0 saturated heterocycles. The summed E-state index contributed by atoms with van der Waals surface area (Å²) >= 11 is 0. The molecule has 19 heavy (non-hydrogen) atoms. The van der Waals surface area contributed by atoms with E-state index in [0.717, 1.165) is 12.8 Å². The molecule has 0 aromatic rings. The number of hydrogen-bond acceptors (Lipinski definition) is 4. The molecule has 112 valence electrons. The number of carbonyl (C=O) groups excluding carboxylic acids is 1. The Hall–Kier alpha value is -0.820. The number of hydrogen-bond donors (Lipinski definition) is 1. The Morgan fingerprint density at radius 1 is 1.37 bits per heavy atom. The molecule has 0 radical (unpaired) electrons. The van der Waals surface area contributed by atoms with Crippen LogP contribution in [0.15, 0.2) is 0 Å². The third-order valence-electron chi connectivity index (χ3n) is 2.97. The normalized spacial score (nSPS) is 19.0. The SMILES string of the molecule is COC(=O)C(C)(CCCOCC(F)(F)F)NC1CC1. The Morgan fingerprint density at radius 2 is 2.00 bits per heavy atom. The molecule has 1 aliphatic rings. The highest BCUT2D eigenvalue weighted by Crippen LogP contribution is 2.25. The molecule has 0 heterocycles. The summed E-state index contributed by atoms with van der Waals surface area (Å²) < 4.78 is 44.9. The first-order valence-electron chi connectivity index (χ1n) is 6.27. The van der Waals surface area contributed by atoms with Crippen molar-refractivity contribution in [2.45, 2.75) is 50.4 Å². The molecule has 1 atom stereocenters. The summed E-state index contributed by atoms with van der Waals surface area (Å²) in [7, 11) is 1.30. The van der Waals surface area contributed by atoms with Gasteiger partial charge in [-0.1, -0.05) is 0 Å². The van der Waals surface area contributed by atoms with Crippen LogP contribution >= 0.6 is 0 Å². The van der Waals surface area contributed by atoms with Gasteiger partial charge in [0.1, 0.15) is 12.1 Å². The third-order valence-corrected chi connectivity index (χ3v) is 2.97. The maximum atomic E-state index is 11.9. The molecule has 0 aliphatic heterocycles. The van der Waals surface area contributed by atoms with Gasteiger partial charge in [0, 0.05) is 12.6 Å². The molecule has 1 rings (SSSR count). The van der Waals surface area contributed by atoms with E-state index >= 15 is 0 Å². The Labute approximate surface area is 110 Å². The number of methoxy groups -OCH3 is 1. The first-order valence-corrected chi connectivity index (χ1v) is 6.27. The van der Waals surface area contributed by atoms with Gasteiger partial charge in [-0.2, -0.15) is 13.2 Å². The van der Waals surface area contributed by atoms with Crippen molar-refractivity contribution in [1.82, 2.24) is 5.32 Å². The van der Waals surface area contributed by atoms with Gasteiger partial charge in [-0.15, -0.1) is 0 Å². The van der Waals surface area contributed by atoms with Crippen molar-refractivity contribution in [2.75, 3.05) is 20.3 Å². The van der Waals surface area contributed by atoms with Crippen molar-refractivity contribution in [3.05, 3.63) is 0 Å². The molecule has 0 spiro atoms. The van der Waals surface area contributed by atoms with Crippen LogP contribution in [0, 0.1) is 0 Å². The first-order chi connectivity index (χ1) is 8.77. The van der Waals surface area contributed by atoms with Crippen molar-refractivity contribution in [1.29, 1.82) is 0 Å². The number of nitrogens with one attached hydrogen (secondary N) is 1. The van der Waals surface area contributed by atoms with Crippen molar-refractivity contribution in [3.63, 3.8) is 0 Å². The standard InChI is InChI=1S/C12H20F3NO3/c1-11(10(17)18-2,16-9-4-5-9)6-3-7-19-8-12(13,14)15/h9,16H,3-8H2,1-2H3. The van der Waals surface area contributed by atoms with E-state index in [1.807, 2.05) is 0 Å². The van der Waals surface area contributed by atoms with E-state index in [-0.39, 0.29) is 6.61 Å². The molecule has 0 amide bonds. The predicted molar refractivity (Wildman–Crippen MR) is 62.7 cm³/mol. The van der Waals surface area contributed by atoms with Crippen molar-refractivity contribution < 1.29 is 27.4 Å². The van der Waals surface area contributed by atoms with E-state index in [2.05, 4.69) is 10.1 Å². The zero-order valence-electron chi connectivity index (χ0n) is 11.2. The van der Waals surface area contributed by atoms with Gasteiger partial charge < -0.3 is 9.47 Å². The second-order valence-corrected chi connectivity index (χ2v) is 5.01. The van der Waals surface area contributed by atoms with Crippen molar-refractivity contribution >= 4 is 5.97 Å². The van der Waals surface area contributed by atoms with Crippen LogP contribution in [0.4, 0.5) is 13.2 Å². The molecule has 1 N–H and O–H groups in total. The number of alkyl halides is 3. The average Bonchev–Trinajstić information content (AvgIpc) is 3.09. The topological polar surface area (TPSA) is 47.6 Å². The summed E-state index contributed by atoms with van der Waals surface area (Å²) in [6.45, 7) is 0.428. The minimum absolute atomic E-state index is 0.0293. The van der Waals surface area contributed by atoms with Gasteiger partial charge in [-0.05, 0) is 32.6 Å². The molecule has 0 bridgehead atoms. The fourth-order valence-electron chi connectivity index (χ4n) is 1.85. The van der Waals surface area contributed by atoms with E-state index in [4.69, 9.17) is 4.74 Å². The zero-order chi connectivity index (χ0) is 14.5. The third kappa shape index (κ3) is 6.24. The maximum Gasteiger partial charge on any atom is 0.411 e. The van der Waals surface area contributed by atoms with E-state index < -0.39 is 24.3 Å². The largest absolute Gasteiger partial charge is 0.468 e. The second kappa shape index (κ2) is 6.56. The number of rotatable bonds is 8. The van der Waals surface area contributed by atoms with Crippen molar-refractivity contribution in [2.24, 2.45) is 0 Å². The molecule has 1 saturated carbocycles. The number of halogens is 3. The molecular weight excluding hydrogens is 263 g/mol. The molecule has 0 aromatic heterocycles. The van der Waals surface area contributed by atoms with E-state index in [9.17, 15) is 18.0 Å². The van der Waals surface area contributed by atoms with E-state index in [0.29, 0.717) is 18.9 Å². The summed E-state index contributed by atoms with van der Waals surface area (Å²) in [4.78, 5) is 11.7. The van der Waals surface area contributed by atoms with Crippen LogP contribution in [-0.4, -0.2) is 44.0 Å². The summed E-state index contributed by atoms with van der Waals surface area (Å²) in [5.74, 6) is -0.393. The molecule has 0 aromatic carbocycles. The summed E-state index contributed by atoms with van der Waals surface area (Å²) in [5, 5.41) is 3.17. The van der Waals surface area contributed by atoms with Crippen LogP contribution < -0.4 is 5.32 Å². The fourth-order valence-corrected chi connectivity index (χ4v) is 1.85. The average molecular weight is 283 g/mol. The zero-order valence-corrected chi connectivity index (χ0v) is 11.2. The van der Waals surface area contributed by atoms with Crippen LogP contribution in [0.3, 0.4) is 0 Å². The molecule has 1 fully saturated rings. The van der Waals surface area contributed by atoms with Gasteiger partial charge in [-0.25, -0.2) is 0 Å². The van der Waals surface area contributed by atoms with Gasteiger partial charge >= 0.3 is 12.1 Å². The van der Waals surface area contributed by atoms with Crippen LogP contribution in [0.1, 0.15) is 32.6 Å². The lowest BCUT2D eigenvalue weighted by Crippen LogP contribution is -2.51. The smallest absolute Gasteiger partial charge is 0.411 e. The lowest BCUT2D eigenvalue weighted by molar-refractivity contribution is -0.174. The Kier molecular flexibility index (Phi) is 5.61. The second-order valence-electron chi connectivity index (χ2n) is 5.01. The van der Waals surface area contributed by atoms with Crippen molar-refractivity contribution in [3.8, 4) is 0 Å². The van der Waals surface area contributed by atoms with E-state index in [1.54, 1.807) is 6.92 Å². The lowest BCUT2D eigenvalue weighted by Gasteiger charge is -2.28. The van der Waals surface area contributed by atoms with Gasteiger partial charge in [0.25, 0.3) is 0 Å². The summed E-state index contributed by atoms with van der Waals surface area (Å²) in [6, 6.07) is 0.306. The van der Waals surface area contributed by atoms with Gasteiger partial charge in [0.15, 0.2) is 0 Å². The number of ether oxygens (including phenoxy) is 2. The van der Waals surface area contributed by atoms with Crippen LogP contribution in [-0.2, 0) is 14.3 Å². The summed E-state index contributed by atoms with van der Waals surface area (Å²) in [6.07, 6.45) is -1.54. The molecule has 7 heteroatoms. The first kappa shape index (κ1) is 16.2. The molecule has 4 nitrogen and oxygen atoms in total. The highest BCUT2D eigenvalue weighted by molar-refractivity contribution is 5.80. The van der Waals surface area contributed by atoms with Crippen LogP contribution in [0.25, 0.3) is 0 Å². The molecular formula is C12H20F3NO3. The highest BCUT2D eigenvalue weighted by atomic mass is 19.4. The van der Waals surface area contributed by atoms with Crippen LogP contribution in [0.5, 0.6) is 0 Å². The Morgan fingerprint density at radius 3 is 2.47 bits per heavy atom. The lowest BCUT2D eigenvalue weighted by atomic mass is 9.96. The molecule has 1 aliphatic carbocycles. The Bertz CT molecular complexity index is 305. The minimum atomic E-state index is -4.31. The molecule has 1 unspecified atom stereocenters. The number of esters is 1. The van der Waals surface area contributed by atoms with E-state index in [1.165, 1.54) is 7.11 Å². The predicted octanol–water partition coefficient (Wildman–Crippen LogP) is 2.03. The fraction of sp³-hybridized carbons (Fsp3) is 0.917.